The SMILES string of the molecule is CCCn1ncnc1CC(CC1CCS(=O)(=O)C1)NN. The summed E-state index contributed by atoms with van der Waals surface area (Å²) in [4.78, 5) is 4.26. The van der Waals surface area contributed by atoms with Crippen molar-refractivity contribution in [1.82, 2.24) is 20.2 Å². The second-order valence-electron chi connectivity index (χ2n) is 5.47. The first-order valence-corrected chi connectivity index (χ1v) is 8.89. The average Bonchev–Trinajstić information content (AvgIpc) is 2.96. The molecule has 0 aliphatic carbocycles. The van der Waals surface area contributed by atoms with Crippen LogP contribution in [0.4, 0.5) is 0 Å². The molecule has 3 N–H and O–H groups in total. The van der Waals surface area contributed by atoms with Crippen LogP contribution in [-0.4, -0.2) is 40.7 Å². The quantitative estimate of drug-likeness (QED) is 0.538. The van der Waals surface area contributed by atoms with E-state index in [2.05, 4.69) is 22.4 Å². The average molecular weight is 301 g/mol. The van der Waals surface area contributed by atoms with Crippen LogP contribution in [0, 0.1) is 5.92 Å². The molecular formula is C12H23N5O2S. The van der Waals surface area contributed by atoms with Crippen LogP contribution >= 0.6 is 0 Å². The maximum absolute atomic E-state index is 11.5. The van der Waals surface area contributed by atoms with Gasteiger partial charge in [0.05, 0.1) is 11.5 Å². The summed E-state index contributed by atoms with van der Waals surface area (Å²) in [6, 6.07) is 0.0353. The maximum Gasteiger partial charge on any atom is 0.150 e. The van der Waals surface area contributed by atoms with Crippen molar-refractivity contribution in [2.45, 2.75) is 45.2 Å². The normalized spacial score (nSPS) is 23.0. The molecule has 114 valence electrons. The molecule has 0 bridgehead atoms. The Bertz CT molecular complexity index is 528. The van der Waals surface area contributed by atoms with Crippen LogP contribution < -0.4 is 11.3 Å². The van der Waals surface area contributed by atoms with E-state index >= 15 is 0 Å². The molecule has 1 aliphatic heterocycles. The molecular weight excluding hydrogens is 278 g/mol. The lowest BCUT2D eigenvalue weighted by Gasteiger charge is -2.19. The Morgan fingerprint density at radius 3 is 3.00 bits per heavy atom. The Hall–Kier alpha value is -0.990. The molecule has 2 unspecified atom stereocenters. The molecule has 0 aromatic carbocycles. The Morgan fingerprint density at radius 2 is 2.40 bits per heavy atom. The van der Waals surface area contributed by atoms with Crippen molar-refractivity contribution in [3.63, 3.8) is 0 Å². The highest BCUT2D eigenvalue weighted by Crippen LogP contribution is 2.23. The molecule has 1 aliphatic rings. The van der Waals surface area contributed by atoms with Crippen molar-refractivity contribution < 1.29 is 8.42 Å². The van der Waals surface area contributed by atoms with E-state index in [0.29, 0.717) is 12.2 Å². The third kappa shape index (κ3) is 4.00. The molecule has 2 atom stereocenters. The van der Waals surface area contributed by atoms with Gasteiger partial charge in [0.15, 0.2) is 9.84 Å². The fourth-order valence-corrected chi connectivity index (χ4v) is 4.62. The number of nitrogens with zero attached hydrogens (tertiary/aromatic N) is 3. The summed E-state index contributed by atoms with van der Waals surface area (Å²) in [5.74, 6) is 7.29. The van der Waals surface area contributed by atoms with E-state index < -0.39 is 9.84 Å². The highest BCUT2D eigenvalue weighted by atomic mass is 32.2. The van der Waals surface area contributed by atoms with E-state index in [1.54, 1.807) is 6.33 Å². The number of hydrogen-bond acceptors (Lipinski definition) is 6. The number of hydrogen-bond donors (Lipinski definition) is 2. The van der Waals surface area contributed by atoms with Gasteiger partial charge in [-0.3, -0.25) is 16.0 Å². The molecule has 1 aromatic rings. The fraction of sp³-hybridized carbons (Fsp3) is 0.833. The molecule has 0 radical (unpaired) electrons. The van der Waals surface area contributed by atoms with Gasteiger partial charge in [-0.15, -0.1) is 0 Å². The summed E-state index contributed by atoms with van der Waals surface area (Å²) >= 11 is 0. The first-order valence-electron chi connectivity index (χ1n) is 7.07. The molecule has 0 amide bonds. The van der Waals surface area contributed by atoms with Gasteiger partial charge in [0, 0.05) is 19.0 Å². The topological polar surface area (TPSA) is 103 Å². The Balaban J connectivity index is 1.94. The largest absolute Gasteiger partial charge is 0.271 e. The molecule has 2 rings (SSSR count). The van der Waals surface area contributed by atoms with Crippen LogP contribution in [0.2, 0.25) is 0 Å². The first-order chi connectivity index (χ1) is 9.54. The fourth-order valence-electron chi connectivity index (χ4n) is 2.74. The second-order valence-corrected chi connectivity index (χ2v) is 7.70. The van der Waals surface area contributed by atoms with Gasteiger partial charge in [-0.25, -0.2) is 13.4 Å². The van der Waals surface area contributed by atoms with Gasteiger partial charge < -0.3 is 0 Å². The lowest BCUT2D eigenvalue weighted by molar-refractivity contribution is 0.395. The number of sulfone groups is 1. The minimum absolute atomic E-state index is 0.0353. The van der Waals surface area contributed by atoms with Gasteiger partial charge in [-0.05, 0) is 25.2 Å². The van der Waals surface area contributed by atoms with Crippen molar-refractivity contribution >= 4 is 9.84 Å². The molecule has 8 heteroatoms. The van der Waals surface area contributed by atoms with Crippen molar-refractivity contribution in [3.8, 4) is 0 Å². The Kier molecular flexibility index (Phi) is 5.11. The predicted octanol–water partition coefficient (Wildman–Crippen LogP) is -0.113. The van der Waals surface area contributed by atoms with Gasteiger partial charge in [0.1, 0.15) is 12.2 Å². The first kappa shape index (κ1) is 15.4. The number of aromatic nitrogens is 3. The number of aryl methyl sites for hydroxylation is 1. The smallest absolute Gasteiger partial charge is 0.150 e. The number of nitrogens with one attached hydrogen (secondary N) is 1. The number of hydrazine groups is 1. The third-order valence-corrected chi connectivity index (χ3v) is 5.58. The van der Waals surface area contributed by atoms with E-state index in [-0.39, 0.29) is 17.7 Å². The zero-order valence-corrected chi connectivity index (χ0v) is 12.6. The maximum atomic E-state index is 11.5. The van der Waals surface area contributed by atoms with Gasteiger partial charge in [-0.1, -0.05) is 6.92 Å². The van der Waals surface area contributed by atoms with Crippen LogP contribution in [0.25, 0.3) is 0 Å². The monoisotopic (exact) mass is 301 g/mol. The van der Waals surface area contributed by atoms with Crippen LogP contribution in [0.1, 0.15) is 32.0 Å². The molecule has 0 saturated carbocycles. The summed E-state index contributed by atoms with van der Waals surface area (Å²) < 4.78 is 24.9. The van der Waals surface area contributed by atoms with Crippen LogP contribution in [0.15, 0.2) is 6.33 Å². The lowest BCUT2D eigenvalue weighted by Crippen LogP contribution is -2.39. The van der Waals surface area contributed by atoms with Crippen LogP contribution in [-0.2, 0) is 22.8 Å². The van der Waals surface area contributed by atoms with Gasteiger partial charge in [-0.2, -0.15) is 5.10 Å². The molecule has 1 fully saturated rings. The van der Waals surface area contributed by atoms with Gasteiger partial charge >= 0.3 is 0 Å². The minimum Gasteiger partial charge on any atom is -0.271 e. The number of rotatable bonds is 7. The Morgan fingerprint density at radius 1 is 1.60 bits per heavy atom. The van der Waals surface area contributed by atoms with Crippen molar-refractivity contribution in [2.75, 3.05) is 11.5 Å². The summed E-state index contributed by atoms with van der Waals surface area (Å²) in [6.07, 6.45) is 4.72. The second kappa shape index (κ2) is 6.64. The van der Waals surface area contributed by atoms with Crippen LogP contribution in [0.3, 0.4) is 0 Å². The summed E-state index contributed by atoms with van der Waals surface area (Å²) in [5.41, 5.74) is 2.79. The predicted molar refractivity (Wildman–Crippen MR) is 76.5 cm³/mol. The van der Waals surface area contributed by atoms with E-state index in [1.165, 1.54) is 0 Å². The highest BCUT2D eigenvalue weighted by molar-refractivity contribution is 7.91. The van der Waals surface area contributed by atoms with Crippen LogP contribution in [0.5, 0.6) is 0 Å². The minimum atomic E-state index is -2.83. The van der Waals surface area contributed by atoms with Crippen molar-refractivity contribution in [1.29, 1.82) is 0 Å². The molecule has 7 nitrogen and oxygen atoms in total. The Labute approximate surface area is 119 Å². The lowest BCUT2D eigenvalue weighted by atomic mass is 9.97. The van der Waals surface area contributed by atoms with Crippen molar-refractivity contribution in [3.05, 3.63) is 12.2 Å². The van der Waals surface area contributed by atoms with Gasteiger partial charge in [0.25, 0.3) is 0 Å². The molecule has 20 heavy (non-hydrogen) atoms. The van der Waals surface area contributed by atoms with E-state index in [4.69, 9.17) is 5.84 Å². The van der Waals surface area contributed by atoms with E-state index in [0.717, 1.165) is 31.6 Å². The van der Waals surface area contributed by atoms with Gasteiger partial charge in [0.2, 0.25) is 0 Å². The molecule has 1 saturated heterocycles. The van der Waals surface area contributed by atoms with Crippen molar-refractivity contribution in [2.24, 2.45) is 11.8 Å². The molecule has 0 spiro atoms. The van der Waals surface area contributed by atoms with E-state index in [1.807, 2.05) is 4.68 Å². The zero-order valence-electron chi connectivity index (χ0n) is 11.8. The zero-order chi connectivity index (χ0) is 14.6. The molecule has 1 aromatic heterocycles. The summed E-state index contributed by atoms with van der Waals surface area (Å²) in [6.45, 7) is 2.93. The summed E-state index contributed by atoms with van der Waals surface area (Å²) in [7, 11) is -2.83. The third-order valence-electron chi connectivity index (χ3n) is 3.74. The molecule has 2 heterocycles. The number of nitrogens with two attached hydrogens (primary N) is 1. The standard InChI is InChI=1S/C12H23N5O2S/c1-2-4-17-12(14-9-15-17)7-11(16-13)6-10-3-5-20(18,19)8-10/h9-11,16H,2-8,13H2,1H3. The highest BCUT2D eigenvalue weighted by Gasteiger charge is 2.30. The summed E-state index contributed by atoms with van der Waals surface area (Å²) in [5, 5.41) is 4.19. The van der Waals surface area contributed by atoms with E-state index in [9.17, 15) is 8.42 Å².